The highest BCUT2D eigenvalue weighted by atomic mass is 32.1. The van der Waals surface area contributed by atoms with Crippen molar-refractivity contribution in [3.63, 3.8) is 0 Å². The Morgan fingerprint density at radius 3 is 2.72 bits per heavy atom. The first-order chi connectivity index (χ1) is 8.83. The molecule has 0 spiro atoms. The van der Waals surface area contributed by atoms with Crippen LogP contribution in [0.4, 0.5) is 0 Å². The second kappa shape index (κ2) is 9.42. The second-order valence-electron chi connectivity index (χ2n) is 4.42. The van der Waals surface area contributed by atoms with Crippen LogP contribution in [0.5, 0.6) is 0 Å². The van der Waals surface area contributed by atoms with E-state index >= 15 is 0 Å². The van der Waals surface area contributed by atoms with Crippen molar-refractivity contribution >= 4 is 11.5 Å². The molecule has 0 saturated heterocycles. The average Bonchev–Trinajstić information content (AvgIpc) is 2.82. The number of aromatic nitrogens is 2. The smallest absolute Gasteiger partial charge is 0.0804 e. The Kier molecular flexibility index (Phi) is 8.13. The van der Waals surface area contributed by atoms with Crippen molar-refractivity contribution in [2.75, 3.05) is 19.8 Å². The number of nitrogens with one attached hydrogen (secondary N) is 1. The first-order valence-electron chi connectivity index (χ1n) is 6.95. The molecule has 18 heavy (non-hydrogen) atoms. The minimum absolute atomic E-state index is 0.248. The Hall–Kier alpha value is -0.520. The predicted octanol–water partition coefficient (Wildman–Crippen LogP) is 2.96. The van der Waals surface area contributed by atoms with Gasteiger partial charge < -0.3 is 10.1 Å². The molecule has 0 bridgehead atoms. The molecule has 0 aliphatic heterocycles. The van der Waals surface area contributed by atoms with E-state index < -0.39 is 0 Å². The van der Waals surface area contributed by atoms with Gasteiger partial charge in [0.15, 0.2) is 0 Å². The molecule has 1 aromatic rings. The largest absolute Gasteiger partial charge is 0.379 e. The van der Waals surface area contributed by atoms with Gasteiger partial charge in [0.1, 0.15) is 0 Å². The normalized spacial score (nSPS) is 12.8. The third-order valence-corrected chi connectivity index (χ3v) is 3.54. The molecule has 0 fully saturated rings. The second-order valence-corrected chi connectivity index (χ2v) is 5.20. The Labute approximate surface area is 114 Å². The van der Waals surface area contributed by atoms with Crippen molar-refractivity contribution in [1.29, 1.82) is 0 Å². The van der Waals surface area contributed by atoms with E-state index in [1.807, 2.05) is 0 Å². The summed E-state index contributed by atoms with van der Waals surface area (Å²) in [6.45, 7) is 9.02. The van der Waals surface area contributed by atoms with E-state index in [1.54, 1.807) is 0 Å². The maximum Gasteiger partial charge on any atom is 0.0804 e. The predicted molar refractivity (Wildman–Crippen MR) is 76.0 cm³/mol. The molecule has 1 heterocycles. The summed E-state index contributed by atoms with van der Waals surface area (Å²) in [5.41, 5.74) is 1.14. The van der Waals surface area contributed by atoms with Gasteiger partial charge in [0, 0.05) is 6.61 Å². The van der Waals surface area contributed by atoms with Crippen molar-refractivity contribution < 1.29 is 4.74 Å². The molecular formula is C13H25N3OS. The summed E-state index contributed by atoms with van der Waals surface area (Å²) < 4.78 is 9.78. The first-order valence-corrected chi connectivity index (χ1v) is 7.73. The molecule has 1 aromatic heterocycles. The lowest BCUT2D eigenvalue weighted by molar-refractivity contribution is 0.112. The number of aryl methyl sites for hydroxylation is 1. The molecular weight excluding hydrogens is 246 g/mol. The Morgan fingerprint density at radius 1 is 1.22 bits per heavy atom. The fraction of sp³-hybridized carbons (Fsp3) is 0.846. The average molecular weight is 271 g/mol. The molecule has 0 aliphatic carbocycles. The van der Waals surface area contributed by atoms with Crippen LogP contribution in [0.3, 0.4) is 0 Å². The van der Waals surface area contributed by atoms with Gasteiger partial charge in [-0.15, -0.1) is 5.10 Å². The first kappa shape index (κ1) is 15.5. The van der Waals surface area contributed by atoms with Crippen LogP contribution < -0.4 is 5.32 Å². The Bertz CT molecular complexity index is 317. The summed E-state index contributed by atoms with van der Waals surface area (Å²) in [5.74, 6) is 0. The lowest BCUT2D eigenvalue weighted by Gasteiger charge is -2.17. The van der Waals surface area contributed by atoms with Gasteiger partial charge in [-0.25, -0.2) is 0 Å². The minimum Gasteiger partial charge on any atom is -0.379 e. The van der Waals surface area contributed by atoms with Gasteiger partial charge in [-0.3, -0.25) is 0 Å². The topological polar surface area (TPSA) is 47.0 Å². The molecule has 1 N–H and O–H groups in total. The zero-order valence-electron chi connectivity index (χ0n) is 11.7. The molecule has 104 valence electrons. The number of hydrogen-bond donors (Lipinski definition) is 1. The van der Waals surface area contributed by atoms with Gasteiger partial charge in [0.25, 0.3) is 0 Å². The fourth-order valence-corrected chi connectivity index (χ4v) is 2.54. The molecule has 0 aromatic carbocycles. The third-order valence-electron chi connectivity index (χ3n) is 2.66. The van der Waals surface area contributed by atoms with Crippen molar-refractivity contribution in [1.82, 2.24) is 14.9 Å². The Balaban J connectivity index is 2.63. The Morgan fingerprint density at radius 2 is 2.06 bits per heavy atom. The maximum atomic E-state index is 5.69. The summed E-state index contributed by atoms with van der Waals surface area (Å²) in [5, 5.41) is 7.77. The highest BCUT2D eigenvalue weighted by Crippen LogP contribution is 2.22. The number of rotatable bonds is 10. The van der Waals surface area contributed by atoms with E-state index in [2.05, 4.69) is 35.7 Å². The molecule has 4 nitrogen and oxygen atoms in total. The molecule has 5 heteroatoms. The van der Waals surface area contributed by atoms with Crippen molar-refractivity contribution in [3.8, 4) is 0 Å². The zero-order valence-corrected chi connectivity index (χ0v) is 12.6. The molecule has 1 unspecified atom stereocenters. The standard InChI is InChI=1S/C13H25N3OS/c1-4-7-11-13(18-16-15-11)12(14-8-5-2)10-17-9-6-3/h12,14H,4-10H2,1-3H3. The summed E-state index contributed by atoms with van der Waals surface area (Å²) in [4.78, 5) is 1.25. The fourth-order valence-electron chi connectivity index (χ4n) is 1.78. The van der Waals surface area contributed by atoms with Gasteiger partial charge in [-0.05, 0) is 37.3 Å². The number of ether oxygens (including phenoxy) is 1. The zero-order chi connectivity index (χ0) is 13.2. The van der Waals surface area contributed by atoms with E-state index in [1.165, 1.54) is 16.4 Å². The van der Waals surface area contributed by atoms with Crippen LogP contribution in [-0.4, -0.2) is 29.3 Å². The van der Waals surface area contributed by atoms with E-state index in [0.29, 0.717) is 6.61 Å². The van der Waals surface area contributed by atoms with Gasteiger partial charge in [-0.2, -0.15) is 0 Å². The molecule has 0 saturated carbocycles. The lowest BCUT2D eigenvalue weighted by Crippen LogP contribution is -2.26. The van der Waals surface area contributed by atoms with Crippen LogP contribution in [0.25, 0.3) is 0 Å². The van der Waals surface area contributed by atoms with Crippen molar-refractivity contribution in [2.45, 2.75) is 52.5 Å². The van der Waals surface area contributed by atoms with Crippen LogP contribution in [0.2, 0.25) is 0 Å². The van der Waals surface area contributed by atoms with Crippen LogP contribution >= 0.6 is 11.5 Å². The highest BCUT2D eigenvalue weighted by Gasteiger charge is 2.18. The summed E-state index contributed by atoms with van der Waals surface area (Å²) in [6, 6.07) is 0.248. The molecule has 1 atom stereocenters. The minimum atomic E-state index is 0.248. The van der Waals surface area contributed by atoms with Crippen molar-refractivity contribution in [2.24, 2.45) is 0 Å². The molecule has 1 rings (SSSR count). The van der Waals surface area contributed by atoms with Gasteiger partial charge in [-0.1, -0.05) is 31.7 Å². The van der Waals surface area contributed by atoms with Crippen LogP contribution in [0, 0.1) is 0 Å². The monoisotopic (exact) mass is 271 g/mol. The quantitative estimate of drug-likeness (QED) is 0.665. The van der Waals surface area contributed by atoms with Crippen LogP contribution in [0.15, 0.2) is 0 Å². The molecule has 0 radical (unpaired) electrons. The molecule has 0 aliphatic rings. The van der Waals surface area contributed by atoms with Crippen LogP contribution in [0.1, 0.15) is 56.6 Å². The third kappa shape index (κ3) is 5.00. The van der Waals surface area contributed by atoms with Gasteiger partial charge in [0.2, 0.25) is 0 Å². The summed E-state index contributed by atoms with van der Waals surface area (Å²) in [6.07, 6.45) is 4.29. The van der Waals surface area contributed by atoms with Gasteiger partial charge >= 0.3 is 0 Å². The number of hydrogen-bond acceptors (Lipinski definition) is 5. The number of nitrogens with zero attached hydrogens (tertiary/aromatic N) is 2. The van der Waals surface area contributed by atoms with E-state index in [4.69, 9.17) is 4.74 Å². The van der Waals surface area contributed by atoms with E-state index in [0.717, 1.165) is 44.5 Å². The highest BCUT2D eigenvalue weighted by molar-refractivity contribution is 7.05. The maximum absolute atomic E-state index is 5.69. The summed E-state index contributed by atoms with van der Waals surface area (Å²) in [7, 11) is 0. The summed E-state index contributed by atoms with van der Waals surface area (Å²) >= 11 is 1.50. The van der Waals surface area contributed by atoms with Gasteiger partial charge in [0.05, 0.1) is 23.2 Å². The molecule has 0 amide bonds. The van der Waals surface area contributed by atoms with Crippen LogP contribution in [-0.2, 0) is 11.2 Å². The van der Waals surface area contributed by atoms with E-state index in [9.17, 15) is 0 Å². The lowest BCUT2D eigenvalue weighted by atomic mass is 10.1. The van der Waals surface area contributed by atoms with E-state index in [-0.39, 0.29) is 6.04 Å². The van der Waals surface area contributed by atoms with Crippen molar-refractivity contribution in [3.05, 3.63) is 10.6 Å². The SMILES string of the molecule is CCCNC(COCCC)c1snnc1CCC.